The van der Waals surface area contributed by atoms with Gasteiger partial charge in [-0.25, -0.2) is 0 Å². The molecule has 1 aromatic carbocycles. The molecule has 1 fully saturated rings. The number of carbonyl (C=O) groups excluding carboxylic acids is 1. The monoisotopic (exact) mass is 438 g/mol. The fourth-order valence-electron chi connectivity index (χ4n) is 3.99. The number of halogens is 1. The fraction of sp³-hybridized carbons (Fsp3) is 0.286. The first-order valence-corrected chi connectivity index (χ1v) is 10.2. The minimum absolute atomic E-state index is 0.0455. The molecular weight excluding hydrogens is 420 g/mol. The number of ether oxygens (including phenoxy) is 1. The summed E-state index contributed by atoms with van der Waals surface area (Å²) in [6, 6.07) is 11.7. The average Bonchev–Trinajstić information content (AvgIpc) is 3.17. The van der Waals surface area contributed by atoms with Gasteiger partial charge in [-0.15, -0.1) is 10.2 Å². The first kappa shape index (κ1) is 17.4. The Labute approximate surface area is 171 Å². The van der Waals surface area contributed by atoms with Crippen molar-refractivity contribution in [2.75, 3.05) is 19.7 Å². The van der Waals surface area contributed by atoms with Crippen LogP contribution in [0.2, 0.25) is 0 Å². The number of benzene rings is 1. The van der Waals surface area contributed by atoms with Crippen LogP contribution < -0.4 is 4.74 Å². The highest BCUT2D eigenvalue weighted by atomic mass is 79.9. The second kappa shape index (κ2) is 7.05. The van der Waals surface area contributed by atoms with Gasteiger partial charge in [0.05, 0.1) is 5.57 Å². The maximum atomic E-state index is 13.1. The predicted octanol–water partition coefficient (Wildman–Crippen LogP) is 3.67. The zero-order valence-electron chi connectivity index (χ0n) is 15.2. The molecule has 142 valence electrons. The lowest BCUT2D eigenvalue weighted by atomic mass is 9.96. The highest BCUT2D eigenvalue weighted by molar-refractivity contribution is 9.10. The molecule has 0 radical (unpaired) electrons. The first-order valence-electron chi connectivity index (χ1n) is 9.41. The van der Waals surface area contributed by atoms with Crippen molar-refractivity contribution in [3.63, 3.8) is 0 Å². The van der Waals surface area contributed by atoms with Crippen molar-refractivity contribution in [1.29, 1.82) is 0 Å². The Bertz CT molecular complexity index is 1090. The van der Waals surface area contributed by atoms with E-state index in [1.807, 2.05) is 58.0 Å². The van der Waals surface area contributed by atoms with Gasteiger partial charge in [-0.2, -0.15) is 0 Å². The molecule has 1 amide bonds. The molecular formula is C21H19BrN4O2. The number of aromatic nitrogens is 3. The molecule has 0 bridgehead atoms. The van der Waals surface area contributed by atoms with Gasteiger partial charge in [0.1, 0.15) is 18.2 Å². The summed E-state index contributed by atoms with van der Waals surface area (Å²) in [7, 11) is 0. The Balaban J connectivity index is 1.39. The smallest absolute Gasteiger partial charge is 0.253 e. The van der Waals surface area contributed by atoms with Crippen LogP contribution in [-0.2, 0) is 4.79 Å². The summed E-state index contributed by atoms with van der Waals surface area (Å²) >= 11 is 3.48. The molecule has 5 rings (SSSR count). The summed E-state index contributed by atoms with van der Waals surface area (Å²) in [6.07, 6.45) is 5.89. The van der Waals surface area contributed by atoms with E-state index in [2.05, 4.69) is 26.1 Å². The maximum Gasteiger partial charge on any atom is 0.253 e. The molecule has 1 saturated heterocycles. The van der Waals surface area contributed by atoms with Crippen LogP contribution in [0.5, 0.6) is 5.75 Å². The quantitative estimate of drug-likeness (QED) is 0.612. The number of rotatable bonds is 2. The largest absolute Gasteiger partial charge is 0.488 e. The van der Waals surface area contributed by atoms with Crippen LogP contribution in [0.15, 0.2) is 52.6 Å². The van der Waals surface area contributed by atoms with Crippen LogP contribution in [0, 0.1) is 0 Å². The van der Waals surface area contributed by atoms with Gasteiger partial charge < -0.3 is 9.64 Å². The number of likely N-dealkylation sites (tertiary alicyclic amines) is 1. The van der Waals surface area contributed by atoms with Gasteiger partial charge in [0.15, 0.2) is 5.65 Å². The molecule has 0 saturated carbocycles. The number of hydrogen-bond acceptors (Lipinski definition) is 4. The minimum Gasteiger partial charge on any atom is -0.488 e. The predicted molar refractivity (Wildman–Crippen MR) is 109 cm³/mol. The van der Waals surface area contributed by atoms with E-state index < -0.39 is 0 Å². The van der Waals surface area contributed by atoms with E-state index in [9.17, 15) is 4.79 Å². The van der Waals surface area contributed by atoms with E-state index >= 15 is 0 Å². The zero-order chi connectivity index (χ0) is 19.1. The summed E-state index contributed by atoms with van der Waals surface area (Å²) < 4.78 is 8.79. The van der Waals surface area contributed by atoms with Gasteiger partial charge in [0.25, 0.3) is 5.91 Å². The van der Waals surface area contributed by atoms with E-state index in [0.29, 0.717) is 18.7 Å². The summed E-state index contributed by atoms with van der Waals surface area (Å²) in [6.45, 7) is 1.72. The van der Waals surface area contributed by atoms with Crippen molar-refractivity contribution in [2.45, 2.75) is 18.8 Å². The van der Waals surface area contributed by atoms with Gasteiger partial charge in [-0.1, -0.05) is 22.0 Å². The molecule has 4 heterocycles. The number of amides is 1. The van der Waals surface area contributed by atoms with E-state index in [1.54, 1.807) is 0 Å². The lowest BCUT2D eigenvalue weighted by Crippen LogP contribution is -2.41. The summed E-state index contributed by atoms with van der Waals surface area (Å²) in [5.74, 6) is 1.97. The Kier molecular flexibility index (Phi) is 4.39. The molecule has 1 unspecified atom stereocenters. The highest BCUT2D eigenvalue weighted by Gasteiger charge is 2.30. The fourth-order valence-corrected chi connectivity index (χ4v) is 4.36. The molecule has 0 N–H and O–H groups in total. The molecule has 28 heavy (non-hydrogen) atoms. The molecule has 0 aliphatic carbocycles. The van der Waals surface area contributed by atoms with E-state index in [-0.39, 0.29) is 11.8 Å². The van der Waals surface area contributed by atoms with Crippen molar-refractivity contribution >= 4 is 33.6 Å². The lowest BCUT2D eigenvalue weighted by molar-refractivity contribution is -0.128. The molecule has 3 aromatic rings. The molecule has 2 aliphatic heterocycles. The normalized spacial score (nSPS) is 19.1. The van der Waals surface area contributed by atoms with Crippen molar-refractivity contribution in [3.05, 3.63) is 64.0 Å². The SMILES string of the molecule is O=C(C1=Cc2cc(Br)ccc2OC1)N1CCCC(c2nnc3ccccn23)C1. The average molecular weight is 439 g/mol. The number of carbonyl (C=O) groups is 1. The van der Waals surface area contributed by atoms with Crippen LogP contribution in [0.1, 0.15) is 30.1 Å². The second-order valence-electron chi connectivity index (χ2n) is 7.22. The topological polar surface area (TPSA) is 59.7 Å². The van der Waals surface area contributed by atoms with Crippen molar-refractivity contribution in [1.82, 2.24) is 19.5 Å². The van der Waals surface area contributed by atoms with Gasteiger partial charge in [-0.05, 0) is 49.2 Å². The third-order valence-corrected chi connectivity index (χ3v) is 5.87. The number of fused-ring (bicyclic) bond motifs is 2. The van der Waals surface area contributed by atoms with E-state index in [4.69, 9.17) is 4.74 Å². The van der Waals surface area contributed by atoms with Crippen molar-refractivity contribution in [2.24, 2.45) is 0 Å². The Morgan fingerprint density at radius 1 is 1.21 bits per heavy atom. The van der Waals surface area contributed by atoms with Crippen LogP contribution in [0.3, 0.4) is 0 Å². The molecule has 2 aromatic heterocycles. The molecule has 2 aliphatic rings. The van der Waals surface area contributed by atoms with Crippen LogP contribution >= 0.6 is 15.9 Å². The van der Waals surface area contributed by atoms with Crippen molar-refractivity contribution in [3.8, 4) is 5.75 Å². The number of pyridine rings is 1. The Hall–Kier alpha value is -2.67. The lowest BCUT2D eigenvalue weighted by Gasteiger charge is -2.33. The number of piperidine rings is 1. The molecule has 7 heteroatoms. The van der Waals surface area contributed by atoms with E-state index in [1.165, 1.54) is 0 Å². The Morgan fingerprint density at radius 2 is 2.14 bits per heavy atom. The first-order chi connectivity index (χ1) is 13.7. The van der Waals surface area contributed by atoms with Gasteiger partial charge in [0, 0.05) is 35.2 Å². The summed E-state index contributed by atoms with van der Waals surface area (Å²) in [5.41, 5.74) is 2.46. The number of hydrogen-bond donors (Lipinski definition) is 0. The van der Waals surface area contributed by atoms with Gasteiger partial charge in [0.2, 0.25) is 0 Å². The number of nitrogens with zero attached hydrogens (tertiary/aromatic N) is 4. The summed E-state index contributed by atoms with van der Waals surface area (Å²) in [4.78, 5) is 15.1. The van der Waals surface area contributed by atoms with Gasteiger partial charge in [-0.3, -0.25) is 9.20 Å². The van der Waals surface area contributed by atoms with Gasteiger partial charge >= 0.3 is 0 Å². The Morgan fingerprint density at radius 3 is 3.07 bits per heavy atom. The maximum absolute atomic E-state index is 13.1. The highest BCUT2D eigenvalue weighted by Crippen LogP contribution is 2.31. The minimum atomic E-state index is 0.0455. The second-order valence-corrected chi connectivity index (χ2v) is 8.13. The third kappa shape index (κ3) is 3.09. The zero-order valence-corrected chi connectivity index (χ0v) is 16.8. The summed E-state index contributed by atoms with van der Waals surface area (Å²) in [5, 5.41) is 8.66. The molecule has 1 atom stereocenters. The molecule has 6 nitrogen and oxygen atoms in total. The third-order valence-electron chi connectivity index (χ3n) is 5.37. The van der Waals surface area contributed by atoms with Crippen LogP contribution in [0.25, 0.3) is 11.7 Å². The standard InChI is InChI=1S/C21H19BrN4O2/c22-17-6-7-18-15(11-17)10-16(13-28-18)21(27)25-8-3-4-14(12-25)20-24-23-19-5-1-2-9-26(19)20/h1-2,5-7,9-11,14H,3-4,8,12-13H2. The van der Waals surface area contributed by atoms with Crippen LogP contribution in [0.4, 0.5) is 0 Å². The van der Waals surface area contributed by atoms with Crippen LogP contribution in [-0.4, -0.2) is 45.1 Å². The molecule has 0 spiro atoms. The van der Waals surface area contributed by atoms with E-state index in [0.717, 1.165) is 46.6 Å². The van der Waals surface area contributed by atoms with Crippen molar-refractivity contribution < 1.29 is 9.53 Å².